The lowest BCUT2D eigenvalue weighted by atomic mass is 9.70. The fourth-order valence-electron chi connectivity index (χ4n) is 6.94. The highest BCUT2D eigenvalue weighted by atomic mass is 16.6. The van der Waals surface area contributed by atoms with Crippen molar-refractivity contribution in [3.8, 4) is 0 Å². The molecule has 3 aliphatic heterocycles. The van der Waals surface area contributed by atoms with Crippen LogP contribution in [0.5, 0.6) is 0 Å². The molecule has 236 valence electrons. The molecule has 0 aromatic rings. The molecule has 3 amide bonds. The number of allylic oxidation sites excluding steroid dienone is 1. The Kier molecular flexibility index (Phi) is 12.6. The Morgan fingerprint density at radius 3 is 2.62 bits per heavy atom. The number of amides is 3. The minimum Gasteiger partial charge on any atom is -0.460 e. The van der Waals surface area contributed by atoms with Gasteiger partial charge in [0.2, 0.25) is 17.7 Å². The van der Waals surface area contributed by atoms with E-state index >= 15 is 0 Å². The molecule has 0 aliphatic carbocycles. The number of unbranched alkanes of at least 4 members (excludes halogenated alkanes) is 3. The van der Waals surface area contributed by atoms with Crippen molar-refractivity contribution in [3.63, 3.8) is 0 Å². The van der Waals surface area contributed by atoms with E-state index in [0.29, 0.717) is 51.6 Å². The topological polar surface area (TPSA) is 125 Å². The van der Waals surface area contributed by atoms with Gasteiger partial charge in [0.15, 0.2) is 0 Å². The highest BCUT2D eigenvalue weighted by molar-refractivity contribution is 5.98. The molecule has 2 N–H and O–H groups in total. The first-order valence-corrected chi connectivity index (χ1v) is 15.7. The molecule has 1 spiro atoms. The predicted molar refractivity (Wildman–Crippen MR) is 159 cm³/mol. The van der Waals surface area contributed by atoms with Crippen molar-refractivity contribution in [1.29, 1.82) is 0 Å². The molecular weight excluding hydrogens is 538 g/mol. The van der Waals surface area contributed by atoms with Gasteiger partial charge in [-0.05, 0) is 52.4 Å². The average Bonchev–Trinajstić information content (AvgIpc) is 3.60. The number of aliphatic hydroxyl groups is 1. The fourth-order valence-corrected chi connectivity index (χ4v) is 6.94. The first-order valence-electron chi connectivity index (χ1n) is 15.7. The van der Waals surface area contributed by atoms with Crippen LogP contribution in [0.15, 0.2) is 25.3 Å². The van der Waals surface area contributed by atoms with Crippen LogP contribution >= 0.6 is 0 Å². The fraction of sp³-hybridized carbons (Fsp3) is 0.750. The number of aliphatic hydroxyl groups excluding tert-OH is 1. The second-order valence-electron chi connectivity index (χ2n) is 12.0. The number of hydrogen-bond donors (Lipinski definition) is 2. The number of esters is 1. The van der Waals surface area contributed by atoms with E-state index in [4.69, 9.17) is 14.6 Å². The normalized spacial score (nSPS) is 27.3. The number of carbonyl (C=O) groups is 4. The standard InChI is InChI=1S/C32H51N3O7/c1-6-9-15-25(37)33-21-23(5)41-31(40)26-24-16-17-32(42-24)27(26)29(38)35(19-12-10-11-13-20-36)28(32)30(39)34(18-8-3)22(4)14-7-2/h6,8,22-24,26-28,36H,1,3,7,9-21H2,2,4-5H3,(H,33,37)/t22?,23-,24-,26+,27+,28-,32+/m1/s1. The molecule has 3 fully saturated rings. The van der Waals surface area contributed by atoms with E-state index < -0.39 is 41.7 Å². The molecule has 42 heavy (non-hydrogen) atoms. The van der Waals surface area contributed by atoms with Gasteiger partial charge in [-0.2, -0.15) is 0 Å². The Morgan fingerprint density at radius 2 is 1.95 bits per heavy atom. The van der Waals surface area contributed by atoms with Crippen LogP contribution in [0.2, 0.25) is 0 Å². The van der Waals surface area contributed by atoms with Crippen LogP contribution in [0.1, 0.15) is 85.0 Å². The van der Waals surface area contributed by atoms with Crippen LogP contribution in [0.25, 0.3) is 0 Å². The van der Waals surface area contributed by atoms with E-state index in [1.807, 2.05) is 6.92 Å². The lowest BCUT2D eigenvalue weighted by molar-refractivity contribution is -0.159. The third kappa shape index (κ3) is 7.25. The summed E-state index contributed by atoms with van der Waals surface area (Å²) in [6.45, 7) is 14.3. The lowest BCUT2D eigenvalue weighted by Gasteiger charge is -2.39. The number of carbonyl (C=O) groups excluding carboxylic acids is 4. The highest BCUT2D eigenvalue weighted by Gasteiger charge is 2.75. The van der Waals surface area contributed by atoms with Crippen LogP contribution in [0.4, 0.5) is 0 Å². The van der Waals surface area contributed by atoms with E-state index in [-0.39, 0.29) is 36.9 Å². The molecule has 1 unspecified atom stereocenters. The maximum atomic E-state index is 14.4. The molecule has 10 nitrogen and oxygen atoms in total. The molecular formula is C32H51N3O7. The Bertz CT molecular complexity index is 987. The molecule has 7 atom stereocenters. The molecule has 3 aliphatic rings. The number of fused-ring (bicyclic) bond motifs is 1. The summed E-state index contributed by atoms with van der Waals surface area (Å²) in [4.78, 5) is 57.5. The number of likely N-dealkylation sites (tertiary alicyclic amines) is 1. The summed E-state index contributed by atoms with van der Waals surface area (Å²) >= 11 is 0. The van der Waals surface area contributed by atoms with Crippen LogP contribution in [-0.2, 0) is 28.7 Å². The first-order chi connectivity index (χ1) is 20.2. The van der Waals surface area contributed by atoms with E-state index in [9.17, 15) is 19.2 Å². The minimum atomic E-state index is -1.08. The molecule has 0 radical (unpaired) electrons. The minimum absolute atomic E-state index is 0.0423. The van der Waals surface area contributed by atoms with Gasteiger partial charge in [0.1, 0.15) is 17.7 Å². The third-order valence-corrected chi connectivity index (χ3v) is 8.94. The quantitative estimate of drug-likeness (QED) is 0.135. The van der Waals surface area contributed by atoms with Gasteiger partial charge in [0.25, 0.3) is 0 Å². The SMILES string of the molecule is C=CCCC(=O)NC[C@@H](C)OC(=O)[C@@H]1[C@H]2C(=O)N(CCCCCCO)[C@H](C(=O)N(CC=C)C(C)CCC)[C@]23CC[C@H]1O3. The van der Waals surface area contributed by atoms with Crippen LogP contribution in [-0.4, -0.2) is 94.7 Å². The van der Waals surface area contributed by atoms with Crippen LogP contribution in [0.3, 0.4) is 0 Å². The first kappa shape index (κ1) is 33.8. The summed E-state index contributed by atoms with van der Waals surface area (Å²) in [5, 5.41) is 11.9. The van der Waals surface area contributed by atoms with Gasteiger partial charge in [-0.1, -0.05) is 38.3 Å². The smallest absolute Gasteiger partial charge is 0.312 e. The Hall–Kier alpha value is -2.72. The zero-order valence-corrected chi connectivity index (χ0v) is 25.7. The molecule has 10 heteroatoms. The summed E-state index contributed by atoms with van der Waals surface area (Å²) in [5.41, 5.74) is -1.08. The van der Waals surface area contributed by atoms with Crippen molar-refractivity contribution in [3.05, 3.63) is 25.3 Å². The molecule has 3 heterocycles. The zero-order valence-electron chi connectivity index (χ0n) is 25.7. The molecule has 0 aromatic heterocycles. The number of rotatable bonds is 19. The van der Waals surface area contributed by atoms with E-state index in [1.54, 1.807) is 28.9 Å². The highest BCUT2D eigenvalue weighted by Crippen LogP contribution is 2.59. The van der Waals surface area contributed by atoms with Crippen molar-refractivity contribution in [2.24, 2.45) is 11.8 Å². The van der Waals surface area contributed by atoms with Crippen molar-refractivity contribution in [2.45, 2.75) is 115 Å². The summed E-state index contributed by atoms with van der Waals surface area (Å²) in [6.07, 6.45) is 9.01. The second-order valence-corrected chi connectivity index (χ2v) is 12.0. The van der Waals surface area contributed by atoms with Gasteiger partial charge in [-0.3, -0.25) is 19.2 Å². The third-order valence-electron chi connectivity index (χ3n) is 8.94. The van der Waals surface area contributed by atoms with Crippen LogP contribution < -0.4 is 5.32 Å². The molecule has 0 aromatic carbocycles. The average molecular weight is 590 g/mol. The summed E-state index contributed by atoms with van der Waals surface area (Å²) in [7, 11) is 0. The van der Waals surface area contributed by atoms with Gasteiger partial charge in [-0.25, -0.2) is 0 Å². The van der Waals surface area contributed by atoms with Gasteiger partial charge in [-0.15, -0.1) is 13.2 Å². The monoisotopic (exact) mass is 589 g/mol. The van der Waals surface area contributed by atoms with Gasteiger partial charge in [0.05, 0.1) is 24.5 Å². The van der Waals surface area contributed by atoms with Crippen molar-refractivity contribution in [2.75, 3.05) is 26.2 Å². The molecule has 0 saturated carbocycles. The Morgan fingerprint density at radius 1 is 1.21 bits per heavy atom. The predicted octanol–water partition coefficient (Wildman–Crippen LogP) is 3.13. The summed E-state index contributed by atoms with van der Waals surface area (Å²) in [5.74, 6) is -2.66. The number of nitrogens with zero attached hydrogens (tertiary/aromatic N) is 2. The number of hydrogen-bond acceptors (Lipinski definition) is 7. The maximum Gasteiger partial charge on any atom is 0.312 e. The molecule has 2 bridgehead atoms. The molecule has 3 saturated heterocycles. The van der Waals surface area contributed by atoms with Gasteiger partial charge in [0, 0.05) is 32.2 Å². The number of nitrogens with one attached hydrogen (secondary N) is 1. The maximum absolute atomic E-state index is 14.4. The largest absolute Gasteiger partial charge is 0.460 e. The van der Waals surface area contributed by atoms with Crippen molar-refractivity contribution >= 4 is 23.7 Å². The zero-order chi connectivity index (χ0) is 30.9. The Balaban J connectivity index is 1.84. The lowest BCUT2D eigenvalue weighted by Crippen LogP contribution is -2.57. The molecule has 3 rings (SSSR count). The van der Waals surface area contributed by atoms with Crippen molar-refractivity contribution < 1.29 is 33.8 Å². The van der Waals surface area contributed by atoms with Gasteiger partial charge >= 0.3 is 5.97 Å². The van der Waals surface area contributed by atoms with Crippen LogP contribution in [0, 0.1) is 11.8 Å². The summed E-state index contributed by atoms with van der Waals surface area (Å²) in [6, 6.07) is -0.865. The Labute approximate surface area is 250 Å². The number of ether oxygens (including phenoxy) is 2. The van der Waals surface area contributed by atoms with E-state index in [1.165, 1.54) is 0 Å². The van der Waals surface area contributed by atoms with Crippen molar-refractivity contribution in [1.82, 2.24) is 15.1 Å². The van der Waals surface area contributed by atoms with Gasteiger partial charge < -0.3 is 29.7 Å². The summed E-state index contributed by atoms with van der Waals surface area (Å²) < 4.78 is 12.3. The van der Waals surface area contributed by atoms with E-state index in [2.05, 4.69) is 25.4 Å². The van der Waals surface area contributed by atoms with E-state index in [0.717, 1.165) is 25.7 Å². The second kappa shape index (κ2) is 15.7.